The molecule has 0 aliphatic heterocycles. The van der Waals surface area contributed by atoms with Crippen molar-refractivity contribution >= 4 is 6.09 Å². The van der Waals surface area contributed by atoms with E-state index < -0.39 is 6.09 Å². The van der Waals surface area contributed by atoms with Gasteiger partial charge in [0, 0.05) is 13.1 Å². The summed E-state index contributed by atoms with van der Waals surface area (Å²) in [6.45, 7) is 4.06. The van der Waals surface area contributed by atoms with E-state index in [0.717, 1.165) is 17.9 Å². The summed E-state index contributed by atoms with van der Waals surface area (Å²) in [5.41, 5.74) is 0.907. The number of hydrogen-bond donors (Lipinski definition) is 2. The minimum atomic E-state index is -0.410. The molecule has 0 bridgehead atoms. The summed E-state index contributed by atoms with van der Waals surface area (Å²) in [6, 6.07) is 7.51. The first kappa shape index (κ1) is 14.3. The van der Waals surface area contributed by atoms with Crippen LogP contribution in [0.3, 0.4) is 0 Å². The second-order valence-corrected chi connectivity index (χ2v) is 3.69. The molecule has 0 aliphatic carbocycles. The molecule has 1 aromatic carbocycles. The molecule has 0 aliphatic rings. The van der Waals surface area contributed by atoms with Crippen molar-refractivity contribution in [2.45, 2.75) is 13.5 Å². The number of amides is 1. The van der Waals surface area contributed by atoms with Gasteiger partial charge in [0.25, 0.3) is 0 Å². The zero-order valence-corrected chi connectivity index (χ0v) is 10.9. The van der Waals surface area contributed by atoms with Gasteiger partial charge in [-0.1, -0.05) is 12.1 Å². The van der Waals surface area contributed by atoms with E-state index >= 15 is 0 Å². The van der Waals surface area contributed by atoms with Crippen molar-refractivity contribution in [2.75, 3.05) is 26.7 Å². The van der Waals surface area contributed by atoms with Gasteiger partial charge in [-0.25, -0.2) is 4.79 Å². The van der Waals surface area contributed by atoms with Gasteiger partial charge < -0.3 is 20.1 Å². The lowest BCUT2D eigenvalue weighted by Crippen LogP contribution is -2.30. The summed E-state index contributed by atoms with van der Waals surface area (Å²) in [5, 5.41) is 5.57. The van der Waals surface area contributed by atoms with E-state index in [-0.39, 0.29) is 6.61 Å². The fourth-order valence-corrected chi connectivity index (χ4v) is 1.38. The minimum absolute atomic E-state index is 0.242. The predicted molar refractivity (Wildman–Crippen MR) is 69.7 cm³/mol. The molecule has 1 amide bonds. The Kier molecular flexibility index (Phi) is 6.64. The average molecular weight is 252 g/mol. The van der Waals surface area contributed by atoms with Crippen molar-refractivity contribution < 1.29 is 14.3 Å². The number of rotatable bonds is 7. The van der Waals surface area contributed by atoms with Crippen LogP contribution in [-0.4, -0.2) is 32.8 Å². The molecule has 1 rings (SSSR count). The van der Waals surface area contributed by atoms with E-state index in [1.54, 1.807) is 0 Å². The third kappa shape index (κ3) is 5.54. The number of carbonyl (C=O) groups is 1. The molecule has 0 radical (unpaired) electrons. The van der Waals surface area contributed by atoms with Crippen LogP contribution in [0.2, 0.25) is 0 Å². The molecule has 2 N–H and O–H groups in total. The first-order valence-electron chi connectivity index (χ1n) is 6.03. The predicted octanol–water partition coefficient (Wildman–Crippen LogP) is 1.53. The zero-order valence-electron chi connectivity index (χ0n) is 10.9. The topological polar surface area (TPSA) is 59.6 Å². The maximum atomic E-state index is 11.3. The molecular formula is C13H20N2O3. The van der Waals surface area contributed by atoms with Gasteiger partial charge >= 0.3 is 6.09 Å². The molecule has 100 valence electrons. The summed E-state index contributed by atoms with van der Waals surface area (Å²) in [6.07, 6.45) is -0.410. The third-order valence-electron chi connectivity index (χ3n) is 2.22. The highest BCUT2D eigenvalue weighted by atomic mass is 16.5. The van der Waals surface area contributed by atoms with Gasteiger partial charge in [-0.15, -0.1) is 0 Å². The summed E-state index contributed by atoms with van der Waals surface area (Å²) < 4.78 is 10.4. The van der Waals surface area contributed by atoms with Gasteiger partial charge in [0.2, 0.25) is 0 Å². The van der Waals surface area contributed by atoms with Gasteiger partial charge in [-0.05, 0) is 31.7 Å². The van der Waals surface area contributed by atoms with Crippen LogP contribution in [0, 0.1) is 0 Å². The molecule has 0 unspecified atom stereocenters. The lowest BCUT2D eigenvalue weighted by Gasteiger charge is -2.08. The second-order valence-electron chi connectivity index (χ2n) is 3.69. The molecule has 0 saturated carbocycles. The van der Waals surface area contributed by atoms with Crippen LogP contribution in [0.1, 0.15) is 12.5 Å². The van der Waals surface area contributed by atoms with Crippen LogP contribution < -0.4 is 15.4 Å². The van der Waals surface area contributed by atoms with Gasteiger partial charge in [0.1, 0.15) is 12.4 Å². The Hall–Kier alpha value is -1.75. The second kappa shape index (κ2) is 8.36. The van der Waals surface area contributed by atoms with E-state index in [9.17, 15) is 4.79 Å². The Morgan fingerprint density at radius 2 is 2.17 bits per heavy atom. The van der Waals surface area contributed by atoms with Crippen molar-refractivity contribution in [3.63, 3.8) is 0 Å². The normalized spacial score (nSPS) is 9.89. The van der Waals surface area contributed by atoms with E-state index in [1.807, 2.05) is 38.2 Å². The van der Waals surface area contributed by atoms with Crippen molar-refractivity contribution in [1.29, 1.82) is 0 Å². The summed E-state index contributed by atoms with van der Waals surface area (Å²) >= 11 is 0. The SMILES string of the molecule is CCOc1cccc(COC(=O)NCCNC)c1. The highest BCUT2D eigenvalue weighted by Crippen LogP contribution is 2.13. The molecule has 0 fully saturated rings. The number of benzene rings is 1. The molecule has 1 aromatic rings. The molecule has 18 heavy (non-hydrogen) atoms. The molecule has 0 spiro atoms. The zero-order chi connectivity index (χ0) is 13.2. The molecular weight excluding hydrogens is 232 g/mol. The van der Waals surface area contributed by atoms with Crippen LogP contribution in [0.5, 0.6) is 5.75 Å². The number of likely N-dealkylation sites (N-methyl/N-ethyl adjacent to an activating group) is 1. The van der Waals surface area contributed by atoms with E-state index in [4.69, 9.17) is 9.47 Å². The summed E-state index contributed by atoms with van der Waals surface area (Å²) in [5.74, 6) is 0.786. The molecule has 5 nitrogen and oxygen atoms in total. The Morgan fingerprint density at radius 3 is 2.89 bits per heavy atom. The monoisotopic (exact) mass is 252 g/mol. The number of hydrogen-bond acceptors (Lipinski definition) is 4. The molecule has 5 heteroatoms. The number of alkyl carbamates (subject to hydrolysis) is 1. The Bertz CT molecular complexity index is 369. The first-order chi connectivity index (χ1) is 8.76. The van der Waals surface area contributed by atoms with Crippen LogP contribution in [0.25, 0.3) is 0 Å². The van der Waals surface area contributed by atoms with Crippen molar-refractivity contribution in [3.05, 3.63) is 29.8 Å². The van der Waals surface area contributed by atoms with Crippen molar-refractivity contribution in [3.8, 4) is 5.75 Å². The summed E-state index contributed by atoms with van der Waals surface area (Å²) in [7, 11) is 1.83. The fraction of sp³-hybridized carbons (Fsp3) is 0.462. The van der Waals surface area contributed by atoms with Crippen LogP contribution in [0.15, 0.2) is 24.3 Å². The van der Waals surface area contributed by atoms with E-state index in [0.29, 0.717) is 13.2 Å². The van der Waals surface area contributed by atoms with Crippen LogP contribution in [-0.2, 0) is 11.3 Å². The molecule has 0 atom stereocenters. The number of carbonyl (C=O) groups excluding carboxylic acids is 1. The lowest BCUT2D eigenvalue weighted by molar-refractivity contribution is 0.139. The average Bonchev–Trinajstić information content (AvgIpc) is 2.38. The molecule has 0 saturated heterocycles. The quantitative estimate of drug-likeness (QED) is 0.723. The number of nitrogens with one attached hydrogen (secondary N) is 2. The Labute approximate surface area is 107 Å². The molecule has 0 heterocycles. The van der Waals surface area contributed by atoms with Gasteiger partial charge in [0.15, 0.2) is 0 Å². The van der Waals surface area contributed by atoms with Crippen molar-refractivity contribution in [1.82, 2.24) is 10.6 Å². The summed E-state index contributed by atoms with van der Waals surface area (Å²) in [4.78, 5) is 11.3. The van der Waals surface area contributed by atoms with Gasteiger partial charge in [0.05, 0.1) is 6.61 Å². The van der Waals surface area contributed by atoms with Crippen molar-refractivity contribution in [2.24, 2.45) is 0 Å². The maximum absolute atomic E-state index is 11.3. The highest BCUT2D eigenvalue weighted by Gasteiger charge is 2.02. The van der Waals surface area contributed by atoms with E-state index in [2.05, 4.69) is 10.6 Å². The van der Waals surface area contributed by atoms with Crippen LogP contribution >= 0.6 is 0 Å². The minimum Gasteiger partial charge on any atom is -0.494 e. The lowest BCUT2D eigenvalue weighted by atomic mass is 10.2. The molecule has 0 aromatic heterocycles. The maximum Gasteiger partial charge on any atom is 0.407 e. The van der Waals surface area contributed by atoms with Crippen LogP contribution in [0.4, 0.5) is 4.79 Å². The first-order valence-corrected chi connectivity index (χ1v) is 6.03. The smallest absolute Gasteiger partial charge is 0.407 e. The number of ether oxygens (including phenoxy) is 2. The fourth-order valence-electron chi connectivity index (χ4n) is 1.38. The third-order valence-corrected chi connectivity index (χ3v) is 2.22. The Balaban J connectivity index is 2.33. The Morgan fingerprint density at radius 1 is 1.33 bits per heavy atom. The van der Waals surface area contributed by atoms with Gasteiger partial charge in [-0.2, -0.15) is 0 Å². The van der Waals surface area contributed by atoms with Gasteiger partial charge in [-0.3, -0.25) is 0 Å². The highest BCUT2D eigenvalue weighted by molar-refractivity contribution is 5.67. The largest absolute Gasteiger partial charge is 0.494 e. The standard InChI is InChI=1S/C13H20N2O3/c1-3-17-12-6-4-5-11(9-12)10-18-13(16)15-8-7-14-2/h4-6,9,14H,3,7-8,10H2,1-2H3,(H,15,16). The van der Waals surface area contributed by atoms with E-state index in [1.165, 1.54) is 0 Å².